The highest BCUT2D eigenvalue weighted by atomic mass is 32.1. The number of pyridine rings is 1. The maximum absolute atomic E-state index is 5.24. The van der Waals surface area contributed by atoms with Gasteiger partial charge in [0.25, 0.3) is 0 Å². The SMILES string of the molecule is CCCCNc1ncnc2c1sc1nc(N3CCCCC3)c3c(c12)CCCC3. The first-order valence-electron chi connectivity index (χ1n) is 10.9. The Labute approximate surface area is 170 Å². The third-order valence-corrected chi connectivity index (χ3v) is 7.26. The molecule has 1 saturated heterocycles. The highest BCUT2D eigenvalue weighted by Gasteiger charge is 2.26. The molecule has 5 rings (SSSR count). The van der Waals surface area contributed by atoms with Crippen LogP contribution in [0.25, 0.3) is 20.4 Å². The zero-order valence-corrected chi connectivity index (χ0v) is 17.6. The van der Waals surface area contributed by atoms with Gasteiger partial charge in [-0.1, -0.05) is 13.3 Å². The third kappa shape index (κ3) is 3.11. The van der Waals surface area contributed by atoms with Crippen LogP contribution in [0.3, 0.4) is 0 Å². The van der Waals surface area contributed by atoms with Gasteiger partial charge in [-0.2, -0.15) is 0 Å². The molecule has 0 unspecified atom stereocenters. The number of thiophene rings is 1. The van der Waals surface area contributed by atoms with Gasteiger partial charge in [-0.05, 0) is 62.5 Å². The number of nitrogens with zero attached hydrogens (tertiary/aromatic N) is 4. The van der Waals surface area contributed by atoms with Crippen LogP contribution in [0.4, 0.5) is 11.6 Å². The van der Waals surface area contributed by atoms with Gasteiger partial charge in [0.1, 0.15) is 22.8 Å². The summed E-state index contributed by atoms with van der Waals surface area (Å²) in [7, 11) is 0. The van der Waals surface area contributed by atoms with Crippen LogP contribution < -0.4 is 10.2 Å². The fraction of sp³-hybridized carbons (Fsp3) is 0.591. The van der Waals surface area contributed by atoms with E-state index in [4.69, 9.17) is 9.97 Å². The Balaban J connectivity index is 1.68. The minimum absolute atomic E-state index is 0.960. The first-order valence-corrected chi connectivity index (χ1v) is 11.8. The van der Waals surface area contributed by atoms with Crippen molar-refractivity contribution >= 4 is 43.4 Å². The molecule has 3 aromatic rings. The summed E-state index contributed by atoms with van der Waals surface area (Å²) in [6.45, 7) is 5.48. The standard InChI is InChI=1S/C22H29N5S/c1-2-3-11-23-20-19-18(24-14-25-20)17-15-9-5-6-10-16(15)21(26-22(17)28-19)27-12-7-4-8-13-27/h14H,2-13H2,1H3,(H,23,24,25). The van der Waals surface area contributed by atoms with Crippen LogP contribution >= 0.6 is 11.3 Å². The smallest absolute Gasteiger partial charge is 0.147 e. The first-order chi connectivity index (χ1) is 13.9. The fourth-order valence-corrected chi connectivity index (χ4v) is 5.84. The summed E-state index contributed by atoms with van der Waals surface area (Å²) in [6.07, 6.45) is 12.9. The first kappa shape index (κ1) is 18.1. The average Bonchev–Trinajstić information content (AvgIpc) is 3.14. The number of aromatic nitrogens is 3. The fourth-order valence-electron chi connectivity index (χ4n) is 4.72. The van der Waals surface area contributed by atoms with Crippen molar-refractivity contribution in [1.29, 1.82) is 0 Å². The molecule has 1 N–H and O–H groups in total. The average molecular weight is 396 g/mol. The molecule has 148 valence electrons. The van der Waals surface area contributed by atoms with E-state index >= 15 is 0 Å². The second kappa shape index (κ2) is 7.82. The molecule has 0 bridgehead atoms. The zero-order valence-electron chi connectivity index (χ0n) is 16.8. The molecule has 3 aromatic heterocycles. The van der Waals surface area contributed by atoms with Gasteiger partial charge in [-0.15, -0.1) is 11.3 Å². The van der Waals surface area contributed by atoms with Crippen molar-refractivity contribution in [1.82, 2.24) is 15.0 Å². The van der Waals surface area contributed by atoms with Crippen molar-refractivity contribution in [2.45, 2.75) is 64.7 Å². The molecular weight excluding hydrogens is 366 g/mol. The number of unbranched alkanes of at least 4 members (excludes halogenated alkanes) is 1. The summed E-state index contributed by atoms with van der Waals surface area (Å²) in [5.41, 5.74) is 4.12. The maximum atomic E-state index is 5.24. The summed E-state index contributed by atoms with van der Waals surface area (Å²) in [6, 6.07) is 0. The molecule has 1 fully saturated rings. The Morgan fingerprint density at radius 2 is 1.86 bits per heavy atom. The molecule has 2 aliphatic rings. The Morgan fingerprint density at radius 3 is 2.68 bits per heavy atom. The van der Waals surface area contributed by atoms with E-state index in [0.717, 1.165) is 55.1 Å². The zero-order chi connectivity index (χ0) is 18.9. The van der Waals surface area contributed by atoms with Crippen LogP contribution in [0.5, 0.6) is 0 Å². The van der Waals surface area contributed by atoms with E-state index in [1.54, 1.807) is 17.7 Å². The van der Waals surface area contributed by atoms with Crippen molar-refractivity contribution < 1.29 is 0 Å². The molecule has 0 saturated carbocycles. The monoisotopic (exact) mass is 395 g/mol. The van der Waals surface area contributed by atoms with Crippen molar-refractivity contribution in [3.63, 3.8) is 0 Å². The minimum Gasteiger partial charge on any atom is -0.369 e. The van der Waals surface area contributed by atoms with E-state index in [1.165, 1.54) is 65.6 Å². The Morgan fingerprint density at radius 1 is 1.04 bits per heavy atom. The van der Waals surface area contributed by atoms with E-state index in [1.807, 2.05) is 0 Å². The van der Waals surface area contributed by atoms with Gasteiger partial charge in [0, 0.05) is 25.0 Å². The molecule has 0 radical (unpaired) electrons. The lowest BCUT2D eigenvalue weighted by molar-refractivity contribution is 0.569. The molecule has 0 amide bonds. The normalized spacial score (nSPS) is 17.2. The lowest BCUT2D eigenvalue weighted by atomic mass is 9.89. The Hall–Kier alpha value is -1.95. The summed E-state index contributed by atoms with van der Waals surface area (Å²) >= 11 is 1.77. The van der Waals surface area contributed by atoms with Crippen LogP contribution in [0.2, 0.25) is 0 Å². The number of nitrogens with one attached hydrogen (secondary N) is 1. The van der Waals surface area contributed by atoms with Crippen LogP contribution in [0.1, 0.15) is 63.0 Å². The summed E-state index contributed by atoms with van der Waals surface area (Å²) < 4.78 is 1.17. The van der Waals surface area contributed by atoms with Gasteiger partial charge in [-0.25, -0.2) is 15.0 Å². The number of hydrogen-bond donors (Lipinski definition) is 1. The molecule has 4 heterocycles. The van der Waals surface area contributed by atoms with Gasteiger partial charge < -0.3 is 10.2 Å². The molecule has 1 aliphatic heterocycles. The van der Waals surface area contributed by atoms with Gasteiger partial charge in [0.05, 0.1) is 10.2 Å². The van der Waals surface area contributed by atoms with Crippen LogP contribution in [0, 0.1) is 0 Å². The molecule has 0 aromatic carbocycles. The summed E-state index contributed by atoms with van der Waals surface area (Å²) in [4.78, 5) is 18.2. The number of hydrogen-bond acceptors (Lipinski definition) is 6. The van der Waals surface area contributed by atoms with Crippen molar-refractivity contribution in [3.8, 4) is 0 Å². The van der Waals surface area contributed by atoms with Crippen LogP contribution in [-0.4, -0.2) is 34.6 Å². The highest BCUT2D eigenvalue weighted by molar-refractivity contribution is 7.26. The predicted octanol–water partition coefficient (Wildman–Crippen LogP) is 5.32. The molecule has 0 atom stereocenters. The molecule has 28 heavy (non-hydrogen) atoms. The quantitative estimate of drug-likeness (QED) is 0.593. The van der Waals surface area contributed by atoms with Crippen LogP contribution in [0.15, 0.2) is 6.33 Å². The predicted molar refractivity (Wildman–Crippen MR) is 119 cm³/mol. The molecular formula is C22H29N5S. The highest BCUT2D eigenvalue weighted by Crippen LogP contribution is 2.42. The van der Waals surface area contributed by atoms with E-state index in [-0.39, 0.29) is 0 Å². The minimum atomic E-state index is 0.960. The lowest BCUT2D eigenvalue weighted by Crippen LogP contribution is -2.31. The van der Waals surface area contributed by atoms with E-state index in [0.29, 0.717) is 0 Å². The van der Waals surface area contributed by atoms with Gasteiger partial charge in [0.15, 0.2) is 0 Å². The summed E-state index contributed by atoms with van der Waals surface area (Å²) in [5.74, 6) is 2.24. The number of rotatable bonds is 5. The molecule has 0 spiro atoms. The molecule has 1 aliphatic carbocycles. The van der Waals surface area contributed by atoms with E-state index in [9.17, 15) is 0 Å². The molecule has 6 heteroatoms. The largest absolute Gasteiger partial charge is 0.369 e. The van der Waals surface area contributed by atoms with Crippen molar-refractivity contribution in [3.05, 3.63) is 17.5 Å². The van der Waals surface area contributed by atoms with E-state index < -0.39 is 0 Å². The number of fused-ring (bicyclic) bond motifs is 5. The van der Waals surface area contributed by atoms with Crippen molar-refractivity contribution in [2.75, 3.05) is 29.9 Å². The molecule has 5 nitrogen and oxygen atoms in total. The van der Waals surface area contributed by atoms with Gasteiger partial charge in [0.2, 0.25) is 0 Å². The van der Waals surface area contributed by atoms with Crippen LogP contribution in [-0.2, 0) is 12.8 Å². The number of anilines is 2. The second-order valence-corrected chi connectivity index (χ2v) is 9.11. The number of aryl methyl sites for hydroxylation is 1. The Bertz CT molecular complexity index is 990. The number of piperidine rings is 1. The van der Waals surface area contributed by atoms with Gasteiger partial charge >= 0.3 is 0 Å². The summed E-state index contributed by atoms with van der Waals surface area (Å²) in [5, 5.41) is 4.83. The van der Waals surface area contributed by atoms with Crippen molar-refractivity contribution in [2.24, 2.45) is 0 Å². The third-order valence-electron chi connectivity index (χ3n) is 6.18. The Kier molecular flexibility index (Phi) is 5.05. The lowest BCUT2D eigenvalue weighted by Gasteiger charge is -2.31. The second-order valence-electron chi connectivity index (χ2n) is 8.11. The maximum Gasteiger partial charge on any atom is 0.147 e. The topological polar surface area (TPSA) is 53.9 Å². The van der Waals surface area contributed by atoms with E-state index in [2.05, 4.69) is 22.1 Å². The van der Waals surface area contributed by atoms with Gasteiger partial charge in [-0.3, -0.25) is 0 Å².